The highest BCUT2D eigenvalue weighted by molar-refractivity contribution is 6.29. The molecule has 10 aromatic rings. The number of fused-ring (bicyclic) bond motifs is 7. The van der Waals surface area contributed by atoms with Crippen molar-refractivity contribution in [3.05, 3.63) is 188 Å². The Labute approximate surface area is 295 Å². The molecule has 7 aromatic carbocycles. The van der Waals surface area contributed by atoms with E-state index in [4.69, 9.17) is 9.97 Å². The molecule has 3 nitrogen and oxygen atoms in total. The van der Waals surface area contributed by atoms with Gasteiger partial charge in [0.25, 0.3) is 0 Å². The second kappa shape index (κ2) is 11.9. The molecule has 238 valence electrons. The molecule has 0 fully saturated rings. The van der Waals surface area contributed by atoms with E-state index in [9.17, 15) is 0 Å². The topological polar surface area (TPSA) is 30.7 Å². The molecule has 0 bridgehead atoms. The summed E-state index contributed by atoms with van der Waals surface area (Å²) in [6, 6.07) is 66.5. The summed E-state index contributed by atoms with van der Waals surface area (Å²) in [5.74, 6) is 0. The van der Waals surface area contributed by atoms with Crippen molar-refractivity contribution in [3.63, 3.8) is 0 Å². The lowest BCUT2D eigenvalue weighted by atomic mass is 9.95. The summed E-state index contributed by atoms with van der Waals surface area (Å²) in [4.78, 5) is 10.6. The van der Waals surface area contributed by atoms with Crippen LogP contribution in [0, 0.1) is 0 Å². The van der Waals surface area contributed by atoms with Gasteiger partial charge in [0, 0.05) is 49.3 Å². The smallest absolute Gasteiger partial charge is 0.0788 e. The van der Waals surface area contributed by atoms with Crippen LogP contribution >= 0.6 is 0 Å². The van der Waals surface area contributed by atoms with Crippen molar-refractivity contribution in [1.29, 1.82) is 0 Å². The molecule has 0 saturated carbocycles. The molecule has 0 N–H and O–H groups in total. The van der Waals surface area contributed by atoms with E-state index in [0.717, 1.165) is 66.9 Å². The van der Waals surface area contributed by atoms with E-state index in [1.54, 1.807) is 0 Å². The Morgan fingerprint density at radius 3 is 1.73 bits per heavy atom. The number of para-hydroxylation sites is 3. The summed E-state index contributed by atoms with van der Waals surface area (Å²) in [7, 11) is 0. The van der Waals surface area contributed by atoms with Crippen LogP contribution in [0.15, 0.2) is 188 Å². The van der Waals surface area contributed by atoms with Gasteiger partial charge in [-0.1, -0.05) is 140 Å². The number of benzene rings is 7. The molecule has 0 aliphatic carbocycles. The number of aromatic nitrogens is 3. The Hall–Kier alpha value is -6.84. The second-order valence-electron chi connectivity index (χ2n) is 13.0. The Balaban J connectivity index is 1.22. The summed E-state index contributed by atoms with van der Waals surface area (Å²) in [6.45, 7) is 0. The Morgan fingerprint density at radius 1 is 0.333 bits per heavy atom. The molecule has 3 heteroatoms. The first kappa shape index (κ1) is 29.1. The predicted molar refractivity (Wildman–Crippen MR) is 213 cm³/mol. The minimum Gasteiger partial charge on any atom is -0.309 e. The second-order valence-corrected chi connectivity index (χ2v) is 13.0. The van der Waals surface area contributed by atoms with Crippen LogP contribution in [0.25, 0.3) is 94.1 Å². The lowest BCUT2D eigenvalue weighted by molar-refractivity contribution is 1.18. The first-order chi connectivity index (χ1) is 25.3. The van der Waals surface area contributed by atoms with Gasteiger partial charge in [0.1, 0.15) is 0 Å². The molecule has 10 rings (SSSR count). The van der Waals surface area contributed by atoms with Crippen molar-refractivity contribution in [2.75, 3.05) is 0 Å². The van der Waals surface area contributed by atoms with Gasteiger partial charge < -0.3 is 4.57 Å². The highest BCUT2D eigenvalue weighted by atomic mass is 15.0. The molecule has 0 saturated heterocycles. The fourth-order valence-electron chi connectivity index (χ4n) is 7.63. The normalized spacial score (nSPS) is 11.5. The van der Waals surface area contributed by atoms with Gasteiger partial charge in [-0.15, -0.1) is 0 Å². The van der Waals surface area contributed by atoms with Crippen LogP contribution in [-0.4, -0.2) is 14.5 Å². The SMILES string of the molecule is c1ccc(-c2cc(-c3ccccc3)nc(-c3cccc(-c4nc5ccccc5c5c4ccc4c5c5ccccc5n4-c4ccccc4)c3)c2)cc1. The third-order valence-electron chi connectivity index (χ3n) is 9.95. The first-order valence-corrected chi connectivity index (χ1v) is 17.3. The number of hydrogen-bond acceptors (Lipinski definition) is 2. The molecular formula is C48H31N3. The molecule has 0 amide bonds. The van der Waals surface area contributed by atoms with Gasteiger partial charge in [0.05, 0.1) is 33.6 Å². The van der Waals surface area contributed by atoms with Crippen LogP contribution in [-0.2, 0) is 0 Å². The van der Waals surface area contributed by atoms with Crippen molar-refractivity contribution < 1.29 is 0 Å². The fourth-order valence-corrected chi connectivity index (χ4v) is 7.63. The maximum Gasteiger partial charge on any atom is 0.0788 e. The van der Waals surface area contributed by atoms with E-state index in [2.05, 4.69) is 187 Å². The average Bonchev–Trinajstić information content (AvgIpc) is 3.56. The zero-order valence-corrected chi connectivity index (χ0v) is 27.7. The lowest BCUT2D eigenvalue weighted by Gasteiger charge is -2.14. The van der Waals surface area contributed by atoms with E-state index in [0.29, 0.717) is 0 Å². The zero-order valence-electron chi connectivity index (χ0n) is 27.7. The molecule has 0 atom stereocenters. The van der Waals surface area contributed by atoms with Crippen LogP contribution in [0.4, 0.5) is 0 Å². The maximum absolute atomic E-state index is 5.36. The van der Waals surface area contributed by atoms with Crippen molar-refractivity contribution in [1.82, 2.24) is 14.5 Å². The van der Waals surface area contributed by atoms with Gasteiger partial charge in [0.15, 0.2) is 0 Å². The van der Waals surface area contributed by atoms with E-state index in [-0.39, 0.29) is 0 Å². The average molecular weight is 650 g/mol. The monoisotopic (exact) mass is 649 g/mol. The van der Waals surface area contributed by atoms with Gasteiger partial charge in [-0.2, -0.15) is 0 Å². The third kappa shape index (κ3) is 4.90. The van der Waals surface area contributed by atoms with Crippen molar-refractivity contribution in [3.8, 4) is 50.6 Å². The number of nitrogens with zero attached hydrogens (tertiary/aromatic N) is 3. The molecule has 51 heavy (non-hydrogen) atoms. The Bertz CT molecular complexity index is 2830. The van der Waals surface area contributed by atoms with Gasteiger partial charge >= 0.3 is 0 Å². The Kier molecular flexibility index (Phi) is 6.81. The van der Waals surface area contributed by atoms with Crippen molar-refractivity contribution in [2.45, 2.75) is 0 Å². The summed E-state index contributed by atoms with van der Waals surface area (Å²) < 4.78 is 2.38. The predicted octanol–water partition coefficient (Wildman–Crippen LogP) is 12.5. The van der Waals surface area contributed by atoms with Gasteiger partial charge in [-0.25, -0.2) is 9.97 Å². The first-order valence-electron chi connectivity index (χ1n) is 17.3. The molecule has 0 unspecified atom stereocenters. The van der Waals surface area contributed by atoms with E-state index in [1.165, 1.54) is 27.2 Å². The van der Waals surface area contributed by atoms with E-state index >= 15 is 0 Å². The van der Waals surface area contributed by atoms with Crippen molar-refractivity contribution in [2.24, 2.45) is 0 Å². The van der Waals surface area contributed by atoms with Crippen LogP contribution in [0.1, 0.15) is 0 Å². The molecular weight excluding hydrogens is 619 g/mol. The largest absolute Gasteiger partial charge is 0.309 e. The van der Waals surface area contributed by atoms with Crippen LogP contribution in [0.2, 0.25) is 0 Å². The minimum atomic E-state index is 0.926. The summed E-state index contributed by atoms with van der Waals surface area (Å²) in [5, 5.41) is 5.98. The van der Waals surface area contributed by atoms with E-state index < -0.39 is 0 Å². The molecule has 0 aliphatic rings. The molecule has 3 aromatic heterocycles. The zero-order chi connectivity index (χ0) is 33.7. The minimum absolute atomic E-state index is 0.926. The lowest BCUT2D eigenvalue weighted by Crippen LogP contribution is -1.94. The molecule has 0 radical (unpaired) electrons. The van der Waals surface area contributed by atoms with Crippen LogP contribution in [0.5, 0.6) is 0 Å². The standard InChI is InChI=1S/C48H31N3/c1-4-15-32(16-5-1)36-30-42(33-17-6-2-7-18-33)49-43(31-36)34-19-14-20-35(29-34)48-40-27-28-45-47(46(40)38-23-10-12-25-41(38)50-48)39-24-11-13-26-44(39)51(45)37-21-8-3-9-22-37/h1-31H. The van der Waals surface area contributed by atoms with E-state index in [1.807, 2.05) is 6.07 Å². The Morgan fingerprint density at radius 2 is 0.941 bits per heavy atom. The van der Waals surface area contributed by atoms with Crippen molar-refractivity contribution >= 4 is 43.5 Å². The quantitative estimate of drug-likeness (QED) is 0.174. The maximum atomic E-state index is 5.36. The number of hydrogen-bond donors (Lipinski definition) is 0. The summed E-state index contributed by atoms with van der Waals surface area (Å²) >= 11 is 0. The van der Waals surface area contributed by atoms with Gasteiger partial charge in [0.2, 0.25) is 0 Å². The van der Waals surface area contributed by atoms with Crippen LogP contribution in [0.3, 0.4) is 0 Å². The van der Waals surface area contributed by atoms with Gasteiger partial charge in [-0.3, -0.25) is 0 Å². The number of pyridine rings is 2. The summed E-state index contributed by atoms with van der Waals surface area (Å²) in [5.41, 5.74) is 12.8. The highest BCUT2D eigenvalue weighted by Gasteiger charge is 2.20. The fraction of sp³-hybridized carbons (Fsp3) is 0. The number of rotatable bonds is 5. The summed E-state index contributed by atoms with van der Waals surface area (Å²) in [6.07, 6.45) is 0. The third-order valence-corrected chi connectivity index (χ3v) is 9.95. The molecule has 3 heterocycles. The molecule has 0 spiro atoms. The highest BCUT2D eigenvalue weighted by Crippen LogP contribution is 2.43. The van der Waals surface area contributed by atoms with Crippen LogP contribution < -0.4 is 0 Å². The van der Waals surface area contributed by atoms with Gasteiger partial charge in [-0.05, 0) is 59.7 Å². The molecule has 0 aliphatic heterocycles.